The van der Waals surface area contributed by atoms with Crippen LogP contribution in [0.3, 0.4) is 0 Å². The molecule has 0 radical (unpaired) electrons. The molecule has 3 heterocycles. The Bertz CT molecular complexity index is 938. The van der Waals surface area contributed by atoms with Crippen LogP contribution in [0.2, 0.25) is 0 Å². The molecule has 1 saturated heterocycles. The Morgan fingerprint density at radius 2 is 2.00 bits per heavy atom. The zero-order valence-corrected chi connectivity index (χ0v) is 17.2. The van der Waals surface area contributed by atoms with Crippen LogP contribution in [0.25, 0.3) is 5.57 Å². The normalized spacial score (nSPS) is 20.0. The third-order valence-electron chi connectivity index (χ3n) is 5.33. The first-order chi connectivity index (χ1) is 14.2. The number of likely N-dealkylation sites (tertiary alicyclic amines) is 1. The van der Waals surface area contributed by atoms with Crippen molar-refractivity contribution in [3.05, 3.63) is 52.4 Å². The summed E-state index contributed by atoms with van der Waals surface area (Å²) in [5.41, 5.74) is 1.33. The maximum atomic E-state index is 13.6. The smallest absolute Gasteiger partial charge is 0.282 e. The summed E-state index contributed by atoms with van der Waals surface area (Å²) >= 11 is 1.45. The molecule has 29 heavy (non-hydrogen) atoms. The van der Waals surface area contributed by atoms with Gasteiger partial charge in [-0.3, -0.25) is 9.59 Å². The van der Waals surface area contributed by atoms with Gasteiger partial charge in [0.2, 0.25) is 0 Å². The molecular formula is C22H24N2O4S. The summed E-state index contributed by atoms with van der Waals surface area (Å²) in [6, 6.07) is 10.9. The van der Waals surface area contributed by atoms with Crippen LogP contribution in [0.1, 0.15) is 24.6 Å². The molecule has 1 fully saturated rings. The van der Waals surface area contributed by atoms with Crippen LogP contribution in [0, 0.1) is 5.92 Å². The molecule has 0 spiro atoms. The highest BCUT2D eigenvalue weighted by atomic mass is 32.1. The Morgan fingerprint density at radius 1 is 1.17 bits per heavy atom. The van der Waals surface area contributed by atoms with Crippen molar-refractivity contribution in [1.82, 2.24) is 4.90 Å². The lowest BCUT2D eigenvalue weighted by molar-refractivity contribution is -0.120. The van der Waals surface area contributed by atoms with Crippen LogP contribution in [-0.4, -0.2) is 48.1 Å². The number of carbonyl (C=O) groups is 2. The van der Waals surface area contributed by atoms with Gasteiger partial charge in [0.15, 0.2) is 0 Å². The second-order valence-corrected chi connectivity index (χ2v) is 8.13. The van der Waals surface area contributed by atoms with Gasteiger partial charge in [0.25, 0.3) is 11.8 Å². The van der Waals surface area contributed by atoms with Gasteiger partial charge in [-0.1, -0.05) is 18.2 Å². The van der Waals surface area contributed by atoms with Crippen molar-refractivity contribution in [3.8, 4) is 5.75 Å². The zero-order valence-electron chi connectivity index (χ0n) is 16.3. The second kappa shape index (κ2) is 8.39. The quantitative estimate of drug-likeness (QED) is 0.738. The average Bonchev–Trinajstić information content (AvgIpc) is 3.35. The van der Waals surface area contributed by atoms with E-state index in [-0.39, 0.29) is 24.3 Å². The van der Waals surface area contributed by atoms with Crippen LogP contribution in [0.5, 0.6) is 5.75 Å². The Hall–Kier alpha value is -2.64. The number of thiophene rings is 1. The number of hydrogen-bond acceptors (Lipinski definition) is 6. The third kappa shape index (κ3) is 3.56. The van der Waals surface area contributed by atoms with E-state index in [4.69, 9.17) is 4.74 Å². The van der Waals surface area contributed by atoms with Crippen LogP contribution < -0.4 is 9.64 Å². The van der Waals surface area contributed by atoms with Crippen molar-refractivity contribution in [2.24, 2.45) is 5.92 Å². The topological polar surface area (TPSA) is 70.1 Å². The number of piperidine rings is 1. The van der Waals surface area contributed by atoms with Gasteiger partial charge in [-0.05, 0) is 49.3 Å². The summed E-state index contributed by atoms with van der Waals surface area (Å²) in [6.07, 6.45) is 1.80. The van der Waals surface area contributed by atoms with Gasteiger partial charge in [-0.25, -0.2) is 4.90 Å². The summed E-state index contributed by atoms with van der Waals surface area (Å²) < 4.78 is 5.68. The van der Waals surface area contributed by atoms with Gasteiger partial charge in [0.05, 0.1) is 17.9 Å². The molecular weight excluding hydrogens is 388 g/mol. The number of ether oxygens (including phenoxy) is 1. The maximum absolute atomic E-state index is 13.6. The molecule has 4 rings (SSSR count). The van der Waals surface area contributed by atoms with Gasteiger partial charge in [0, 0.05) is 24.6 Å². The molecule has 1 aromatic carbocycles. The molecule has 2 aliphatic heterocycles. The minimum Gasteiger partial charge on any atom is -0.492 e. The number of imide groups is 1. The number of rotatable bonds is 6. The second-order valence-electron chi connectivity index (χ2n) is 7.18. The predicted octanol–water partition coefficient (Wildman–Crippen LogP) is 3.14. The highest BCUT2D eigenvalue weighted by Crippen LogP contribution is 2.40. The summed E-state index contributed by atoms with van der Waals surface area (Å²) in [7, 11) is 0. The summed E-state index contributed by atoms with van der Waals surface area (Å²) in [5.74, 6) is -0.0428. The van der Waals surface area contributed by atoms with E-state index in [0.29, 0.717) is 42.4 Å². The number of nitrogens with zero attached hydrogens (tertiary/aromatic N) is 2. The highest BCUT2D eigenvalue weighted by molar-refractivity contribution is 7.11. The van der Waals surface area contributed by atoms with E-state index in [1.54, 1.807) is 18.2 Å². The Morgan fingerprint density at radius 3 is 2.72 bits per heavy atom. The number of para-hydroxylation sites is 2. The monoisotopic (exact) mass is 412 g/mol. The number of aliphatic hydroxyl groups is 1. The molecule has 1 N–H and O–H groups in total. The van der Waals surface area contributed by atoms with Gasteiger partial charge in [-0.15, -0.1) is 11.3 Å². The van der Waals surface area contributed by atoms with Crippen molar-refractivity contribution in [3.63, 3.8) is 0 Å². The van der Waals surface area contributed by atoms with E-state index in [0.717, 1.165) is 17.7 Å². The van der Waals surface area contributed by atoms with Crippen LogP contribution in [0.4, 0.5) is 5.69 Å². The molecule has 1 unspecified atom stereocenters. The van der Waals surface area contributed by atoms with Crippen molar-refractivity contribution in [2.45, 2.75) is 19.8 Å². The fraction of sp³-hybridized carbons (Fsp3) is 0.364. The number of amides is 2. The van der Waals surface area contributed by atoms with E-state index in [1.807, 2.05) is 35.4 Å². The molecule has 6 nitrogen and oxygen atoms in total. The largest absolute Gasteiger partial charge is 0.492 e. The van der Waals surface area contributed by atoms with Gasteiger partial charge >= 0.3 is 0 Å². The fourth-order valence-electron chi connectivity index (χ4n) is 4.01. The molecule has 1 aromatic heterocycles. The van der Waals surface area contributed by atoms with Gasteiger partial charge in [0.1, 0.15) is 11.4 Å². The minimum absolute atomic E-state index is 0.0805. The van der Waals surface area contributed by atoms with Crippen molar-refractivity contribution in [1.29, 1.82) is 0 Å². The third-order valence-corrected chi connectivity index (χ3v) is 6.21. The number of benzene rings is 1. The van der Waals surface area contributed by atoms with Gasteiger partial charge < -0.3 is 14.7 Å². The first-order valence-corrected chi connectivity index (χ1v) is 10.8. The standard InChI is InChI=1S/C22H24N2O4S/c1-2-28-17-9-4-3-8-16(17)24-21(26)19(18-10-6-12-29-18)20(22(24)27)23-11-5-7-15(13-23)14-25/h3-4,6,8-10,12,15,25H,2,5,7,11,13-14H2,1H3. The number of aliphatic hydroxyl groups excluding tert-OH is 1. The van der Waals surface area contributed by atoms with E-state index < -0.39 is 0 Å². The van der Waals surface area contributed by atoms with Crippen molar-refractivity contribution in [2.75, 3.05) is 31.2 Å². The molecule has 2 amide bonds. The number of hydrogen-bond donors (Lipinski definition) is 1. The van der Waals surface area contributed by atoms with E-state index >= 15 is 0 Å². The number of anilines is 1. The molecule has 0 bridgehead atoms. The Kier molecular flexibility index (Phi) is 5.69. The minimum atomic E-state index is -0.329. The van der Waals surface area contributed by atoms with Crippen LogP contribution >= 0.6 is 11.3 Å². The first-order valence-electron chi connectivity index (χ1n) is 9.90. The van der Waals surface area contributed by atoms with Gasteiger partial charge in [-0.2, -0.15) is 0 Å². The molecule has 2 aromatic rings. The fourth-order valence-corrected chi connectivity index (χ4v) is 4.77. The lowest BCUT2D eigenvalue weighted by atomic mass is 9.98. The first kappa shape index (κ1) is 19.7. The molecule has 0 aliphatic carbocycles. The summed E-state index contributed by atoms with van der Waals surface area (Å²) in [6.45, 7) is 3.65. The highest BCUT2D eigenvalue weighted by Gasteiger charge is 2.44. The maximum Gasteiger partial charge on any atom is 0.282 e. The van der Waals surface area contributed by atoms with Crippen molar-refractivity contribution < 1.29 is 19.4 Å². The SMILES string of the molecule is CCOc1ccccc1N1C(=O)C(c2cccs2)=C(N2CCCC(CO)C2)C1=O. The van der Waals surface area contributed by atoms with E-state index in [9.17, 15) is 14.7 Å². The Labute approximate surface area is 174 Å². The molecule has 7 heteroatoms. The van der Waals surface area contributed by atoms with Crippen LogP contribution in [-0.2, 0) is 9.59 Å². The zero-order chi connectivity index (χ0) is 20.4. The molecule has 152 valence electrons. The summed E-state index contributed by atoms with van der Waals surface area (Å²) in [4.78, 5) is 31.1. The lowest BCUT2D eigenvalue weighted by Gasteiger charge is -2.34. The average molecular weight is 413 g/mol. The van der Waals surface area contributed by atoms with E-state index in [2.05, 4.69) is 0 Å². The molecule has 1 atom stereocenters. The van der Waals surface area contributed by atoms with Crippen molar-refractivity contribution >= 4 is 34.4 Å². The number of carbonyl (C=O) groups excluding carboxylic acids is 2. The summed E-state index contributed by atoms with van der Waals surface area (Å²) in [5, 5.41) is 11.5. The van der Waals surface area contributed by atoms with Crippen LogP contribution in [0.15, 0.2) is 47.5 Å². The Balaban J connectivity index is 1.79. The van der Waals surface area contributed by atoms with E-state index in [1.165, 1.54) is 16.2 Å². The molecule has 0 saturated carbocycles. The predicted molar refractivity (Wildman–Crippen MR) is 113 cm³/mol. The lowest BCUT2D eigenvalue weighted by Crippen LogP contribution is -2.40. The molecule has 2 aliphatic rings.